The van der Waals surface area contributed by atoms with Crippen molar-refractivity contribution in [2.75, 3.05) is 4.42 Å². The third kappa shape index (κ3) is 8.49. The highest BCUT2D eigenvalue weighted by Gasteiger charge is 2.05. The Kier molecular flexibility index (Phi) is 6.35. The van der Waals surface area contributed by atoms with Crippen LogP contribution in [0.2, 0.25) is 0 Å². The zero-order valence-corrected chi connectivity index (χ0v) is 10.5. The van der Waals surface area contributed by atoms with Gasteiger partial charge in [0.25, 0.3) is 0 Å². The summed E-state index contributed by atoms with van der Waals surface area (Å²) in [6, 6.07) is 9.07. The van der Waals surface area contributed by atoms with E-state index in [0.29, 0.717) is 5.69 Å². The second kappa shape index (κ2) is 6.70. The molecule has 0 aliphatic heterocycles. The quantitative estimate of drug-likeness (QED) is 0.488. The van der Waals surface area contributed by atoms with Crippen molar-refractivity contribution in [3.05, 3.63) is 30.3 Å². The molecule has 8 heteroatoms. The summed E-state index contributed by atoms with van der Waals surface area (Å²) in [5, 5.41) is 0. The molecule has 0 aromatic heterocycles. The molecule has 1 amide bonds. The smallest absolute Gasteiger partial charge is 0.274 e. The monoisotopic (exact) mass is 285 g/mol. The Bertz CT molecular complexity index is 427. The van der Waals surface area contributed by atoms with E-state index in [9.17, 15) is 4.79 Å². The van der Waals surface area contributed by atoms with E-state index >= 15 is 0 Å². The maximum Gasteiger partial charge on any atom is 0.353 e. The molecule has 0 unspecified atom stereocenters. The van der Waals surface area contributed by atoms with Crippen molar-refractivity contribution in [2.24, 2.45) is 0 Å². The van der Waals surface area contributed by atoms with Crippen LogP contribution in [-0.4, -0.2) is 18.9 Å². The van der Waals surface area contributed by atoms with Crippen molar-refractivity contribution in [1.29, 1.82) is 0 Å². The number of hydrogen-bond acceptors (Lipinski definition) is 3. The first-order valence-electron chi connectivity index (χ1n) is 3.90. The van der Waals surface area contributed by atoms with E-state index in [1.165, 1.54) is 6.92 Å². The second-order valence-corrected chi connectivity index (χ2v) is 4.88. The molecule has 0 aliphatic carbocycles. The molecule has 1 aromatic carbocycles. The van der Waals surface area contributed by atoms with Crippen LogP contribution in [0, 0.1) is 0 Å². The summed E-state index contributed by atoms with van der Waals surface area (Å²) in [7, 11) is -0.137. The van der Waals surface area contributed by atoms with E-state index in [2.05, 4.69) is 10.7 Å². The molecule has 0 spiro atoms. The van der Waals surface area contributed by atoms with Crippen LogP contribution in [0.25, 0.3) is 0 Å². The summed E-state index contributed by atoms with van der Waals surface area (Å²) in [6.45, 7) is 1.42. The van der Waals surface area contributed by atoms with Crippen molar-refractivity contribution < 1.29 is 17.8 Å². The molecule has 1 rings (SSSR count). The number of anilines is 1. The number of amides is 1. The molecule has 0 saturated carbocycles. The summed E-state index contributed by atoms with van der Waals surface area (Å²) in [5.74, 6) is -0.183. The molecule has 0 radical (unpaired) electrons. The Hall–Kier alpha value is -0.820. The number of benzene rings is 1. The molecule has 1 aromatic rings. The van der Waals surface area contributed by atoms with Crippen LogP contribution in [0.3, 0.4) is 0 Å². The van der Waals surface area contributed by atoms with E-state index in [1.54, 1.807) is 12.1 Å². The van der Waals surface area contributed by atoms with E-state index < -0.39 is 9.33 Å². The molecule has 0 atom stereocenters. The number of halogens is 2. The second-order valence-electron chi connectivity index (χ2n) is 2.55. The molecule has 16 heavy (non-hydrogen) atoms. The SMILES string of the molecule is CC(=O)N(Cl)c1ccccc1.O=S(=O)(O)Cl. The lowest BCUT2D eigenvalue weighted by Crippen LogP contribution is -2.15. The standard InChI is InChI=1S/C8H8ClNO.ClHO3S/c1-7(11)10(9)8-5-3-2-4-6-8;1-5(2,3)4/h2-6H,1H3;(H,2,3,4). The first-order chi connectivity index (χ1) is 7.22. The Morgan fingerprint density at radius 1 is 1.31 bits per heavy atom. The van der Waals surface area contributed by atoms with Gasteiger partial charge in [-0.25, -0.2) is 4.42 Å². The van der Waals surface area contributed by atoms with Gasteiger partial charge in [-0.2, -0.15) is 8.42 Å². The van der Waals surface area contributed by atoms with Crippen LogP contribution in [-0.2, 0) is 14.1 Å². The Morgan fingerprint density at radius 3 is 2.00 bits per heavy atom. The third-order valence-corrected chi connectivity index (χ3v) is 1.69. The van der Waals surface area contributed by atoms with Gasteiger partial charge in [-0.3, -0.25) is 9.35 Å². The molecule has 0 heterocycles. The largest absolute Gasteiger partial charge is 0.353 e. The summed E-state index contributed by atoms with van der Waals surface area (Å²) >= 11 is 5.62. The molecule has 1 N–H and O–H groups in total. The molecule has 90 valence electrons. The van der Waals surface area contributed by atoms with Crippen LogP contribution < -0.4 is 4.42 Å². The molecule has 0 bridgehead atoms. The number of nitrogens with zero attached hydrogens (tertiary/aromatic N) is 1. The summed E-state index contributed by atoms with van der Waals surface area (Å²) in [5.41, 5.74) is 0.696. The maximum absolute atomic E-state index is 10.7. The minimum atomic E-state index is -4.19. The predicted molar refractivity (Wildman–Crippen MR) is 62.9 cm³/mol. The summed E-state index contributed by atoms with van der Waals surface area (Å²) in [6.07, 6.45) is 0. The van der Waals surface area contributed by atoms with Crippen LogP contribution in [0.15, 0.2) is 30.3 Å². The number of carbonyl (C=O) groups excluding carboxylic acids is 1. The molecular weight excluding hydrogens is 277 g/mol. The van der Waals surface area contributed by atoms with Crippen molar-refractivity contribution in [2.45, 2.75) is 6.92 Å². The predicted octanol–water partition coefficient (Wildman–Crippen LogP) is 2.22. The normalized spacial score (nSPS) is 10.0. The van der Waals surface area contributed by atoms with Gasteiger partial charge >= 0.3 is 9.33 Å². The maximum atomic E-state index is 10.7. The van der Waals surface area contributed by atoms with Crippen LogP contribution in [0.4, 0.5) is 5.69 Å². The average Bonchev–Trinajstić information content (AvgIpc) is 2.15. The van der Waals surface area contributed by atoms with Crippen molar-refractivity contribution in [3.8, 4) is 0 Å². The molecule has 0 aliphatic rings. The topological polar surface area (TPSA) is 74.7 Å². The van der Waals surface area contributed by atoms with Gasteiger partial charge in [0, 0.05) is 29.4 Å². The highest BCUT2D eigenvalue weighted by Crippen LogP contribution is 2.14. The zero-order chi connectivity index (χ0) is 12.8. The van der Waals surface area contributed by atoms with Gasteiger partial charge in [-0.1, -0.05) is 18.2 Å². The molecule has 5 nitrogen and oxygen atoms in total. The van der Waals surface area contributed by atoms with E-state index in [4.69, 9.17) is 24.7 Å². The molecular formula is C8H9Cl2NO4S. The van der Waals surface area contributed by atoms with Gasteiger partial charge in [-0.15, -0.1) is 0 Å². The van der Waals surface area contributed by atoms with Crippen LogP contribution in [0.1, 0.15) is 6.92 Å². The van der Waals surface area contributed by atoms with Crippen LogP contribution >= 0.6 is 22.5 Å². The van der Waals surface area contributed by atoms with Crippen molar-refractivity contribution >= 4 is 43.4 Å². The summed E-state index contributed by atoms with van der Waals surface area (Å²) in [4.78, 5) is 10.7. The third-order valence-electron chi connectivity index (χ3n) is 1.26. The lowest BCUT2D eigenvalue weighted by molar-refractivity contribution is -0.115. The van der Waals surface area contributed by atoms with Gasteiger partial charge in [0.2, 0.25) is 5.91 Å². The van der Waals surface area contributed by atoms with Crippen molar-refractivity contribution in [3.63, 3.8) is 0 Å². The van der Waals surface area contributed by atoms with Gasteiger partial charge in [-0.05, 0) is 12.1 Å². The van der Waals surface area contributed by atoms with E-state index in [1.807, 2.05) is 18.2 Å². The number of rotatable bonds is 1. The van der Waals surface area contributed by atoms with Crippen molar-refractivity contribution in [1.82, 2.24) is 0 Å². The van der Waals surface area contributed by atoms with Gasteiger partial charge in [0.05, 0.1) is 5.69 Å². The van der Waals surface area contributed by atoms with Crippen LogP contribution in [0.5, 0.6) is 0 Å². The number of carbonyl (C=O) groups is 1. The minimum Gasteiger partial charge on any atom is -0.274 e. The minimum absolute atomic E-state index is 0.183. The first kappa shape index (κ1) is 15.2. The fraction of sp³-hybridized carbons (Fsp3) is 0.125. The fourth-order valence-corrected chi connectivity index (χ4v) is 0.853. The highest BCUT2D eigenvalue weighted by atomic mass is 35.7. The van der Waals surface area contributed by atoms with Gasteiger partial charge in [0.1, 0.15) is 0 Å². The molecule has 0 fully saturated rings. The zero-order valence-electron chi connectivity index (χ0n) is 8.17. The number of hydrogen-bond donors (Lipinski definition) is 1. The average molecular weight is 286 g/mol. The van der Waals surface area contributed by atoms with E-state index in [0.717, 1.165) is 4.42 Å². The fourth-order valence-electron chi connectivity index (χ4n) is 0.741. The Morgan fingerprint density at radius 2 is 1.69 bits per heavy atom. The van der Waals surface area contributed by atoms with E-state index in [-0.39, 0.29) is 5.91 Å². The van der Waals surface area contributed by atoms with Gasteiger partial charge in [0.15, 0.2) is 0 Å². The Balaban J connectivity index is 0.000000385. The lowest BCUT2D eigenvalue weighted by Gasteiger charge is -2.09. The first-order valence-corrected chi connectivity index (χ1v) is 6.51. The highest BCUT2D eigenvalue weighted by molar-refractivity contribution is 8.09. The van der Waals surface area contributed by atoms with Gasteiger partial charge < -0.3 is 0 Å². The summed E-state index contributed by atoms with van der Waals surface area (Å²) < 4.78 is 26.2. The lowest BCUT2D eigenvalue weighted by atomic mass is 10.3. The molecule has 0 saturated heterocycles. The Labute approximate surface area is 103 Å². The number of para-hydroxylation sites is 1.